The molecule has 170 valence electrons. The van der Waals surface area contributed by atoms with Gasteiger partial charge < -0.3 is 5.73 Å². The molecular weight excluding hydrogens is 452 g/mol. The molecule has 4 aromatic rings. The highest BCUT2D eigenvalue weighted by molar-refractivity contribution is 5.98. The molecule has 0 spiro atoms. The molecule has 1 amide bonds. The molecule has 16 nitrogen and oxygen atoms in total. The normalized spacial score (nSPS) is 10.9. The van der Waals surface area contributed by atoms with Crippen LogP contribution in [0.5, 0.6) is 0 Å². The minimum absolute atomic E-state index is 0.0556. The monoisotopic (exact) mass is 464 g/mol. The quantitative estimate of drug-likeness (QED) is 0.226. The first-order chi connectivity index (χ1) is 16.3. The highest BCUT2D eigenvalue weighted by atomic mass is 16.6. The van der Waals surface area contributed by atoms with E-state index in [1.165, 1.54) is 48.7 Å². The number of carbonyl (C=O) groups excluding carboxylic acids is 1. The van der Waals surface area contributed by atoms with Crippen LogP contribution in [0.15, 0.2) is 58.3 Å². The first kappa shape index (κ1) is 21.7. The number of hydrazone groups is 1. The standard InChI is InChI=1S/C18H12N10O6/c19-16-17(24-34-23-16)26-15(11-4-6-12(7-5-11)27(30)31)14(21-25-26)18(29)22-20-9-10-2-1-3-13(8-10)28(32)33/h1-9H,(H2,19,23)(H,22,29)/b20-9+. The van der Waals surface area contributed by atoms with Crippen LogP contribution in [0.4, 0.5) is 17.2 Å². The van der Waals surface area contributed by atoms with E-state index in [1.54, 1.807) is 6.07 Å². The van der Waals surface area contributed by atoms with Gasteiger partial charge in [0.25, 0.3) is 17.3 Å². The summed E-state index contributed by atoms with van der Waals surface area (Å²) in [6.07, 6.45) is 1.21. The number of rotatable bonds is 7. The average molecular weight is 464 g/mol. The van der Waals surface area contributed by atoms with E-state index in [1.807, 2.05) is 0 Å². The Morgan fingerprint density at radius 3 is 2.47 bits per heavy atom. The number of benzene rings is 2. The fourth-order valence-electron chi connectivity index (χ4n) is 2.86. The van der Waals surface area contributed by atoms with Gasteiger partial charge in [0.15, 0.2) is 5.69 Å². The number of carbonyl (C=O) groups is 1. The van der Waals surface area contributed by atoms with E-state index in [4.69, 9.17) is 5.73 Å². The number of nitrogens with two attached hydrogens (primary N) is 1. The number of hydrogen-bond acceptors (Lipinski definition) is 12. The Labute approximate surface area is 187 Å². The second-order valence-electron chi connectivity index (χ2n) is 6.53. The summed E-state index contributed by atoms with van der Waals surface area (Å²) in [7, 11) is 0. The molecule has 34 heavy (non-hydrogen) atoms. The molecule has 2 aromatic heterocycles. The number of nitro groups is 2. The zero-order chi connectivity index (χ0) is 24.2. The largest absolute Gasteiger partial charge is 0.378 e. The highest BCUT2D eigenvalue weighted by Gasteiger charge is 2.25. The number of nitrogens with zero attached hydrogens (tertiary/aromatic N) is 8. The molecular formula is C18H12N10O6. The Morgan fingerprint density at radius 1 is 1.09 bits per heavy atom. The van der Waals surface area contributed by atoms with Gasteiger partial charge in [-0.2, -0.15) is 9.78 Å². The van der Waals surface area contributed by atoms with Gasteiger partial charge in [-0.15, -0.1) is 5.10 Å². The van der Waals surface area contributed by atoms with Crippen molar-refractivity contribution >= 4 is 29.3 Å². The summed E-state index contributed by atoms with van der Waals surface area (Å²) in [6, 6.07) is 10.9. The molecule has 4 rings (SSSR count). The van der Waals surface area contributed by atoms with Gasteiger partial charge in [0.1, 0.15) is 5.69 Å². The summed E-state index contributed by atoms with van der Waals surface area (Å²) in [5.41, 5.74) is 8.24. The molecule has 0 bridgehead atoms. The number of anilines is 1. The van der Waals surface area contributed by atoms with Crippen LogP contribution in [0.2, 0.25) is 0 Å². The van der Waals surface area contributed by atoms with Crippen molar-refractivity contribution in [2.24, 2.45) is 5.10 Å². The molecule has 3 N–H and O–H groups in total. The van der Waals surface area contributed by atoms with Crippen molar-refractivity contribution in [3.05, 3.63) is 80.0 Å². The number of nitro benzene ring substituents is 2. The van der Waals surface area contributed by atoms with E-state index < -0.39 is 15.8 Å². The van der Waals surface area contributed by atoms with Crippen molar-refractivity contribution in [3.63, 3.8) is 0 Å². The van der Waals surface area contributed by atoms with Crippen molar-refractivity contribution in [2.75, 3.05) is 5.73 Å². The van der Waals surface area contributed by atoms with E-state index in [9.17, 15) is 25.0 Å². The molecule has 2 aromatic carbocycles. The van der Waals surface area contributed by atoms with Gasteiger partial charge in [-0.05, 0) is 22.4 Å². The lowest BCUT2D eigenvalue weighted by Gasteiger charge is -2.05. The number of aromatic nitrogens is 5. The van der Waals surface area contributed by atoms with Crippen LogP contribution < -0.4 is 11.2 Å². The van der Waals surface area contributed by atoms with Crippen LogP contribution >= 0.6 is 0 Å². The van der Waals surface area contributed by atoms with E-state index in [2.05, 4.69) is 35.8 Å². The van der Waals surface area contributed by atoms with Crippen LogP contribution in [0.3, 0.4) is 0 Å². The molecule has 0 saturated carbocycles. The van der Waals surface area contributed by atoms with Crippen molar-refractivity contribution in [1.29, 1.82) is 0 Å². The Morgan fingerprint density at radius 2 is 1.82 bits per heavy atom. The van der Waals surface area contributed by atoms with Crippen molar-refractivity contribution in [2.45, 2.75) is 0 Å². The molecule has 0 radical (unpaired) electrons. The third-order valence-corrected chi connectivity index (χ3v) is 4.39. The van der Waals surface area contributed by atoms with E-state index in [0.29, 0.717) is 11.1 Å². The molecule has 0 saturated heterocycles. The zero-order valence-electron chi connectivity index (χ0n) is 16.8. The SMILES string of the molecule is Nc1nonc1-n1nnc(C(=O)N/N=C/c2cccc([N+](=O)[O-])c2)c1-c1ccc([N+](=O)[O-])cc1. The van der Waals surface area contributed by atoms with Gasteiger partial charge in [0.2, 0.25) is 11.6 Å². The maximum atomic E-state index is 12.8. The number of nitrogens with one attached hydrogen (secondary N) is 1. The molecule has 2 heterocycles. The second-order valence-corrected chi connectivity index (χ2v) is 6.53. The fourth-order valence-corrected chi connectivity index (χ4v) is 2.86. The average Bonchev–Trinajstić information content (AvgIpc) is 3.45. The Bertz CT molecular complexity index is 1430. The van der Waals surface area contributed by atoms with Gasteiger partial charge in [-0.1, -0.05) is 17.3 Å². The fraction of sp³-hybridized carbons (Fsp3) is 0. The first-order valence-corrected chi connectivity index (χ1v) is 9.22. The summed E-state index contributed by atoms with van der Waals surface area (Å²) in [4.78, 5) is 33.5. The number of hydrogen-bond donors (Lipinski definition) is 2. The Hall–Kier alpha value is -5.54. The second kappa shape index (κ2) is 8.91. The number of amides is 1. The molecule has 16 heteroatoms. The summed E-state index contributed by atoms with van der Waals surface area (Å²) < 4.78 is 5.67. The zero-order valence-corrected chi connectivity index (χ0v) is 16.8. The minimum Gasteiger partial charge on any atom is -0.378 e. The Balaban J connectivity index is 1.67. The number of non-ortho nitro benzene ring substituents is 2. The summed E-state index contributed by atoms with van der Waals surface area (Å²) in [5, 5.41) is 40.5. The summed E-state index contributed by atoms with van der Waals surface area (Å²) in [5.74, 6) is -0.986. The van der Waals surface area contributed by atoms with Gasteiger partial charge >= 0.3 is 0 Å². The topological polar surface area (TPSA) is 223 Å². The highest BCUT2D eigenvalue weighted by Crippen LogP contribution is 2.28. The van der Waals surface area contributed by atoms with Gasteiger partial charge in [0.05, 0.1) is 16.1 Å². The van der Waals surface area contributed by atoms with Crippen molar-refractivity contribution in [3.8, 4) is 17.1 Å². The van der Waals surface area contributed by atoms with E-state index in [0.717, 1.165) is 4.68 Å². The van der Waals surface area contributed by atoms with E-state index in [-0.39, 0.29) is 34.4 Å². The van der Waals surface area contributed by atoms with Crippen LogP contribution in [-0.4, -0.2) is 47.3 Å². The van der Waals surface area contributed by atoms with Crippen LogP contribution in [0.1, 0.15) is 16.1 Å². The maximum absolute atomic E-state index is 12.8. The van der Waals surface area contributed by atoms with Crippen LogP contribution in [0.25, 0.3) is 17.1 Å². The predicted molar refractivity (Wildman–Crippen MR) is 114 cm³/mol. The summed E-state index contributed by atoms with van der Waals surface area (Å²) >= 11 is 0. The van der Waals surface area contributed by atoms with Crippen molar-refractivity contribution in [1.82, 2.24) is 30.7 Å². The maximum Gasteiger partial charge on any atom is 0.294 e. The molecule has 0 unspecified atom stereocenters. The minimum atomic E-state index is -0.795. The lowest BCUT2D eigenvalue weighted by atomic mass is 10.1. The molecule has 0 aliphatic heterocycles. The van der Waals surface area contributed by atoms with Gasteiger partial charge in [-0.3, -0.25) is 25.0 Å². The summed E-state index contributed by atoms with van der Waals surface area (Å²) in [6.45, 7) is 0. The first-order valence-electron chi connectivity index (χ1n) is 9.22. The molecule has 0 aliphatic carbocycles. The van der Waals surface area contributed by atoms with Gasteiger partial charge in [0, 0.05) is 35.4 Å². The Kier molecular flexibility index (Phi) is 5.68. The molecule has 0 aliphatic rings. The molecule has 0 atom stereocenters. The van der Waals surface area contributed by atoms with Crippen LogP contribution in [-0.2, 0) is 0 Å². The van der Waals surface area contributed by atoms with Crippen LogP contribution in [0, 0.1) is 20.2 Å². The third kappa shape index (κ3) is 4.26. The predicted octanol–water partition coefficient (Wildman–Crippen LogP) is 1.48. The number of nitrogen functional groups attached to an aromatic ring is 1. The molecule has 0 fully saturated rings. The lowest BCUT2D eigenvalue weighted by molar-refractivity contribution is -0.385. The van der Waals surface area contributed by atoms with Crippen molar-refractivity contribution < 1.29 is 19.3 Å². The van der Waals surface area contributed by atoms with Gasteiger partial charge in [-0.25, -0.2) is 10.1 Å². The smallest absolute Gasteiger partial charge is 0.294 e. The lowest BCUT2D eigenvalue weighted by Crippen LogP contribution is -2.19. The third-order valence-electron chi connectivity index (χ3n) is 4.39. The van der Waals surface area contributed by atoms with E-state index >= 15 is 0 Å².